The Hall–Kier alpha value is -1.37. The van der Waals surface area contributed by atoms with Gasteiger partial charge in [-0.15, -0.1) is 10.2 Å². The lowest BCUT2D eigenvalue weighted by molar-refractivity contribution is 0.478. The molecule has 22 heavy (non-hydrogen) atoms. The van der Waals surface area contributed by atoms with Gasteiger partial charge in [0, 0.05) is 10.8 Å². The first-order valence-corrected chi connectivity index (χ1v) is 8.58. The summed E-state index contributed by atoms with van der Waals surface area (Å²) in [5, 5.41) is 14.6. The van der Waals surface area contributed by atoms with Gasteiger partial charge >= 0.3 is 0 Å². The summed E-state index contributed by atoms with van der Waals surface area (Å²) in [6.45, 7) is 4.29. The Morgan fingerprint density at radius 3 is 2.68 bits per heavy atom. The van der Waals surface area contributed by atoms with Crippen LogP contribution in [-0.4, -0.2) is 26.3 Å². The van der Waals surface area contributed by atoms with E-state index >= 15 is 0 Å². The maximum atomic E-state index is 6.25. The zero-order valence-electron chi connectivity index (χ0n) is 12.5. The van der Waals surface area contributed by atoms with Crippen LogP contribution >= 0.6 is 23.4 Å². The normalized spacial score (nSPS) is 15.6. The highest BCUT2D eigenvalue weighted by Crippen LogP contribution is 2.27. The molecule has 3 rings (SSSR count). The zero-order chi connectivity index (χ0) is 15.7. The van der Waals surface area contributed by atoms with Crippen LogP contribution in [0.1, 0.15) is 37.7 Å². The molecule has 1 aromatic heterocycles. The number of aromatic nitrogens is 3. The number of halogens is 1. The van der Waals surface area contributed by atoms with Crippen LogP contribution in [-0.2, 0) is 0 Å². The van der Waals surface area contributed by atoms with Crippen molar-refractivity contribution >= 4 is 29.1 Å². The monoisotopic (exact) mass is 335 g/mol. The summed E-state index contributed by atoms with van der Waals surface area (Å²) < 4.78 is 1.78. The molecule has 5 nitrogen and oxygen atoms in total. The Labute approximate surface area is 138 Å². The first kappa shape index (κ1) is 15.5. The lowest BCUT2D eigenvalue weighted by atomic mass is 10.0. The van der Waals surface area contributed by atoms with Crippen LogP contribution < -0.4 is 5.73 Å². The van der Waals surface area contributed by atoms with E-state index in [1.54, 1.807) is 16.4 Å². The lowest BCUT2D eigenvalue weighted by Crippen LogP contribution is -2.20. The maximum Gasteiger partial charge on any atom is 0.212 e. The van der Waals surface area contributed by atoms with Gasteiger partial charge in [0.15, 0.2) is 5.82 Å². The SMILES string of the molecule is CC(C)CC(N)c1nnc2n1N=C(c1ccc(Cl)cc1)CS2. The minimum atomic E-state index is -0.157. The van der Waals surface area contributed by atoms with Gasteiger partial charge in [-0.2, -0.15) is 9.78 Å². The van der Waals surface area contributed by atoms with Crippen LogP contribution in [0, 0.1) is 5.92 Å². The third-order valence-electron chi connectivity index (χ3n) is 3.43. The molecule has 7 heteroatoms. The van der Waals surface area contributed by atoms with Crippen molar-refractivity contribution in [1.29, 1.82) is 0 Å². The Morgan fingerprint density at radius 2 is 2.00 bits per heavy atom. The number of nitrogens with two attached hydrogens (primary N) is 1. The number of thioether (sulfide) groups is 1. The fourth-order valence-corrected chi connectivity index (χ4v) is 3.34. The minimum absolute atomic E-state index is 0.157. The number of rotatable bonds is 4. The van der Waals surface area contributed by atoms with Crippen LogP contribution in [0.25, 0.3) is 0 Å². The van der Waals surface area contributed by atoms with E-state index in [-0.39, 0.29) is 6.04 Å². The molecule has 2 aromatic rings. The Morgan fingerprint density at radius 1 is 1.27 bits per heavy atom. The van der Waals surface area contributed by atoms with Crippen LogP contribution in [0.5, 0.6) is 0 Å². The number of nitrogens with zero attached hydrogens (tertiary/aromatic N) is 4. The first-order chi connectivity index (χ1) is 10.5. The predicted octanol–water partition coefficient (Wildman–Crippen LogP) is 3.34. The molecule has 0 radical (unpaired) electrons. The molecular weight excluding hydrogens is 318 g/mol. The third kappa shape index (κ3) is 3.19. The van der Waals surface area contributed by atoms with Crippen molar-refractivity contribution in [1.82, 2.24) is 14.9 Å². The van der Waals surface area contributed by atoms with E-state index in [2.05, 4.69) is 24.0 Å². The van der Waals surface area contributed by atoms with Crippen LogP contribution in [0.15, 0.2) is 34.5 Å². The van der Waals surface area contributed by atoms with E-state index in [1.165, 1.54) is 0 Å². The van der Waals surface area contributed by atoms with Gasteiger partial charge in [-0.3, -0.25) is 0 Å². The van der Waals surface area contributed by atoms with Gasteiger partial charge in [-0.1, -0.05) is 49.3 Å². The van der Waals surface area contributed by atoms with Crippen LogP contribution in [0.3, 0.4) is 0 Å². The molecule has 1 unspecified atom stereocenters. The summed E-state index contributed by atoms with van der Waals surface area (Å²) in [5.74, 6) is 1.99. The molecule has 0 aliphatic carbocycles. The van der Waals surface area contributed by atoms with Gasteiger partial charge in [0.05, 0.1) is 11.8 Å². The van der Waals surface area contributed by atoms with Gasteiger partial charge < -0.3 is 5.73 Å². The van der Waals surface area contributed by atoms with Crippen molar-refractivity contribution in [2.45, 2.75) is 31.5 Å². The second kappa shape index (κ2) is 6.40. The molecule has 0 bridgehead atoms. The first-order valence-electron chi connectivity index (χ1n) is 7.22. The highest BCUT2D eigenvalue weighted by molar-refractivity contribution is 7.99. The highest BCUT2D eigenvalue weighted by atomic mass is 35.5. The van der Waals surface area contributed by atoms with Gasteiger partial charge in [0.2, 0.25) is 5.16 Å². The van der Waals surface area contributed by atoms with Crippen molar-refractivity contribution in [2.24, 2.45) is 16.8 Å². The fourth-order valence-electron chi connectivity index (χ4n) is 2.37. The molecule has 0 amide bonds. The molecule has 0 spiro atoms. The van der Waals surface area contributed by atoms with E-state index in [4.69, 9.17) is 22.4 Å². The van der Waals surface area contributed by atoms with Crippen molar-refractivity contribution in [2.75, 3.05) is 5.75 Å². The molecule has 0 fully saturated rings. The van der Waals surface area contributed by atoms with E-state index in [0.29, 0.717) is 5.92 Å². The smallest absolute Gasteiger partial charge is 0.212 e. The molecule has 1 aliphatic heterocycles. The Bertz CT molecular complexity index is 692. The molecule has 1 atom stereocenters. The Balaban J connectivity index is 1.93. The van der Waals surface area contributed by atoms with Crippen LogP contribution in [0.2, 0.25) is 5.02 Å². The number of fused-ring (bicyclic) bond motifs is 1. The van der Waals surface area contributed by atoms with Gasteiger partial charge in [0.25, 0.3) is 0 Å². The number of benzene rings is 1. The molecular formula is C15H18ClN5S. The van der Waals surface area contributed by atoms with Crippen molar-refractivity contribution < 1.29 is 0 Å². The minimum Gasteiger partial charge on any atom is -0.321 e. The van der Waals surface area contributed by atoms with Gasteiger partial charge in [-0.25, -0.2) is 0 Å². The zero-order valence-corrected chi connectivity index (χ0v) is 14.1. The van der Waals surface area contributed by atoms with Gasteiger partial charge in [0.1, 0.15) is 0 Å². The van der Waals surface area contributed by atoms with Crippen LogP contribution in [0.4, 0.5) is 0 Å². The van der Waals surface area contributed by atoms with E-state index < -0.39 is 0 Å². The van der Waals surface area contributed by atoms with Gasteiger partial charge in [-0.05, 0) is 30.0 Å². The number of hydrogen-bond acceptors (Lipinski definition) is 5. The fraction of sp³-hybridized carbons (Fsp3) is 0.400. The molecule has 0 saturated carbocycles. The lowest BCUT2D eigenvalue weighted by Gasteiger charge is -2.17. The average Bonchev–Trinajstić information content (AvgIpc) is 2.90. The number of hydrogen-bond donors (Lipinski definition) is 1. The van der Waals surface area contributed by atoms with E-state index in [9.17, 15) is 0 Å². The quantitative estimate of drug-likeness (QED) is 0.930. The van der Waals surface area contributed by atoms with E-state index in [0.717, 1.165) is 39.5 Å². The molecule has 0 saturated heterocycles. The average molecular weight is 336 g/mol. The van der Waals surface area contributed by atoms with Crippen molar-refractivity contribution in [3.63, 3.8) is 0 Å². The largest absolute Gasteiger partial charge is 0.321 e. The predicted molar refractivity (Wildman–Crippen MR) is 90.5 cm³/mol. The van der Waals surface area contributed by atoms with Crippen molar-refractivity contribution in [3.8, 4) is 0 Å². The second-order valence-electron chi connectivity index (χ2n) is 5.73. The summed E-state index contributed by atoms with van der Waals surface area (Å²) in [7, 11) is 0. The summed E-state index contributed by atoms with van der Waals surface area (Å²) >= 11 is 7.57. The summed E-state index contributed by atoms with van der Waals surface area (Å²) in [6.07, 6.45) is 0.856. The third-order valence-corrected chi connectivity index (χ3v) is 4.61. The topological polar surface area (TPSA) is 69.1 Å². The summed E-state index contributed by atoms with van der Waals surface area (Å²) in [6, 6.07) is 7.54. The molecule has 1 aromatic carbocycles. The standard InChI is InChI=1S/C15H18ClN5S/c1-9(2)7-12(17)14-18-19-15-21(14)20-13(8-22-15)10-3-5-11(16)6-4-10/h3-6,9,12H,7-8,17H2,1-2H3. The molecule has 2 heterocycles. The van der Waals surface area contributed by atoms with E-state index in [1.807, 2.05) is 24.3 Å². The molecule has 1 aliphatic rings. The molecule has 2 N–H and O–H groups in total. The summed E-state index contributed by atoms with van der Waals surface area (Å²) in [5.41, 5.74) is 8.28. The van der Waals surface area contributed by atoms with Crippen molar-refractivity contribution in [3.05, 3.63) is 40.7 Å². The summed E-state index contributed by atoms with van der Waals surface area (Å²) in [4.78, 5) is 0. The Kier molecular flexibility index (Phi) is 4.52. The highest BCUT2D eigenvalue weighted by Gasteiger charge is 2.23. The second-order valence-corrected chi connectivity index (χ2v) is 7.11. The maximum absolute atomic E-state index is 6.25. The molecule has 116 valence electrons.